The number of carbonyl (C=O) groups excluding carboxylic acids is 1. The lowest BCUT2D eigenvalue weighted by atomic mass is 9.70. The largest absolute Gasteiger partial charge is 0.363 e. The van der Waals surface area contributed by atoms with Crippen molar-refractivity contribution in [2.45, 2.75) is 51.3 Å². The summed E-state index contributed by atoms with van der Waals surface area (Å²) in [5, 5.41) is 0. The molecule has 3 nitrogen and oxygen atoms in total. The van der Waals surface area contributed by atoms with Crippen LogP contribution >= 0.6 is 0 Å². The van der Waals surface area contributed by atoms with Crippen molar-refractivity contribution in [1.82, 2.24) is 4.90 Å². The van der Waals surface area contributed by atoms with E-state index in [1.807, 2.05) is 13.8 Å². The summed E-state index contributed by atoms with van der Waals surface area (Å²) >= 11 is 0. The maximum absolute atomic E-state index is 12.4. The predicted molar refractivity (Wildman–Crippen MR) is 63.1 cm³/mol. The average molecular weight is 225 g/mol. The minimum Gasteiger partial charge on any atom is -0.363 e. The quantitative estimate of drug-likeness (QED) is 0.684. The Kier molecular flexibility index (Phi) is 3.10. The maximum Gasteiger partial charge on any atom is 0.144 e. The van der Waals surface area contributed by atoms with Crippen LogP contribution in [0.25, 0.3) is 0 Å². The molecule has 1 aliphatic heterocycles. The first-order valence-electron chi connectivity index (χ1n) is 6.34. The van der Waals surface area contributed by atoms with E-state index in [9.17, 15) is 4.79 Å². The van der Waals surface area contributed by atoms with Crippen LogP contribution in [-0.4, -0.2) is 36.6 Å². The highest BCUT2D eigenvalue weighted by atomic mass is 16.5. The van der Waals surface area contributed by atoms with Crippen molar-refractivity contribution in [2.24, 2.45) is 11.8 Å². The van der Waals surface area contributed by atoms with Crippen LogP contribution in [0.1, 0.15) is 39.5 Å². The molecule has 2 rings (SSSR count). The lowest BCUT2D eigenvalue weighted by molar-refractivity contribution is -0.201. The number of hydrogen-bond acceptors (Lipinski definition) is 3. The van der Waals surface area contributed by atoms with E-state index in [1.165, 1.54) is 12.8 Å². The molecule has 0 N–H and O–H groups in total. The second-order valence-corrected chi connectivity index (χ2v) is 5.45. The third kappa shape index (κ3) is 1.52. The first kappa shape index (κ1) is 12.1. The van der Waals surface area contributed by atoms with Crippen LogP contribution in [0.2, 0.25) is 0 Å². The van der Waals surface area contributed by atoms with Gasteiger partial charge in [-0.2, -0.15) is 0 Å². The molecule has 4 unspecified atom stereocenters. The van der Waals surface area contributed by atoms with Crippen LogP contribution in [-0.2, 0) is 9.53 Å². The lowest BCUT2D eigenvalue weighted by Crippen LogP contribution is -2.65. The fraction of sp³-hybridized carbons (Fsp3) is 0.923. The number of piperidine rings is 1. The third-order valence-electron chi connectivity index (χ3n) is 4.94. The molecule has 1 aliphatic carbocycles. The molecule has 1 saturated heterocycles. The highest BCUT2D eigenvalue weighted by molar-refractivity contribution is 5.85. The van der Waals surface area contributed by atoms with Gasteiger partial charge in [0.1, 0.15) is 11.5 Å². The molecule has 0 bridgehead atoms. The van der Waals surface area contributed by atoms with Gasteiger partial charge in [-0.05, 0) is 26.8 Å². The van der Waals surface area contributed by atoms with E-state index in [4.69, 9.17) is 4.74 Å². The van der Waals surface area contributed by atoms with Crippen molar-refractivity contribution < 1.29 is 9.53 Å². The van der Waals surface area contributed by atoms with Gasteiger partial charge in [0.25, 0.3) is 0 Å². The molecular weight excluding hydrogens is 202 g/mol. The highest BCUT2D eigenvalue weighted by Gasteiger charge is 2.52. The van der Waals surface area contributed by atoms with E-state index in [-0.39, 0.29) is 11.8 Å². The molecule has 0 aromatic carbocycles. The Morgan fingerprint density at radius 3 is 2.62 bits per heavy atom. The smallest absolute Gasteiger partial charge is 0.144 e. The average Bonchev–Trinajstić information content (AvgIpc) is 2.33. The van der Waals surface area contributed by atoms with Crippen molar-refractivity contribution >= 4 is 5.78 Å². The summed E-state index contributed by atoms with van der Waals surface area (Å²) < 4.78 is 5.63. The molecule has 0 aromatic rings. The zero-order chi connectivity index (χ0) is 11.9. The Morgan fingerprint density at radius 2 is 2.00 bits per heavy atom. The fourth-order valence-electron chi connectivity index (χ4n) is 3.45. The third-order valence-corrected chi connectivity index (χ3v) is 4.94. The molecule has 92 valence electrons. The fourth-order valence-corrected chi connectivity index (χ4v) is 3.45. The molecule has 16 heavy (non-hydrogen) atoms. The van der Waals surface area contributed by atoms with Gasteiger partial charge in [-0.15, -0.1) is 0 Å². The summed E-state index contributed by atoms with van der Waals surface area (Å²) in [5.74, 6) is 0.631. The van der Waals surface area contributed by atoms with Crippen molar-refractivity contribution in [3.05, 3.63) is 0 Å². The summed E-state index contributed by atoms with van der Waals surface area (Å²) in [6.07, 6.45) is 4.65. The van der Waals surface area contributed by atoms with Crippen LogP contribution in [0.15, 0.2) is 0 Å². The molecule has 0 aromatic heterocycles. The molecular formula is C13H23NO2. The van der Waals surface area contributed by atoms with Crippen LogP contribution in [0.4, 0.5) is 0 Å². The van der Waals surface area contributed by atoms with Crippen LogP contribution in [0.5, 0.6) is 0 Å². The monoisotopic (exact) mass is 225 g/mol. The Labute approximate surface area is 98.1 Å². The summed E-state index contributed by atoms with van der Waals surface area (Å²) in [5.41, 5.74) is -0.421. The summed E-state index contributed by atoms with van der Waals surface area (Å²) in [4.78, 5) is 14.7. The van der Waals surface area contributed by atoms with Crippen LogP contribution in [0, 0.1) is 11.8 Å². The second-order valence-electron chi connectivity index (χ2n) is 5.45. The van der Waals surface area contributed by atoms with Crippen LogP contribution in [0.3, 0.4) is 0 Å². The number of methoxy groups -OCH3 is 1. The van der Waals surface area contributed by atoms with Gasteiger partial charge in [-0.3, -0.25) is 9.69 Å². The van der Waals surface area contributed by atoms with E-state index in [0.717, 1.165) is 12.8 Å². The number of nitrogens with zero attached hydrogens (tertiary/aromatic N) is 1. The number of carbonyl (C=O) groups is 1. The first-order chi connectivity index (χ1) is 7.52. The molecule has 2 aliphatic rings. The van der Waals surface area contributed by atoms with E-state index < -0.39 is 5.72 Å². The Balaban J connectivity index is 2.31. The molecule has 3 heteroatoms. The highest BCUT2D eigenvalue weighted by Crippen LogP contribution is 2.42. The van der Waals surface area contributed by atoms with E-state index in [2.05, 4.69) is 11.9 Å². The number of fused-ring (bicyclic) bond motifs is 1. The van der Waals surface area contributed by atoms with Crippen molar-refractivity contribution in [2.75, 3.05) is 14.2 Å². The first-order valence-corrected chi connectivity index (χ1v) is 6.34. The summed E-state index contributed by atoms with van der Waals surface area (Å²) in [7, 11) is 3.82. The minimum atomic E-state index is -0.421. The van der Waals surface area contributed by atoms with E-state index >= 15 is 0 Å². The molecule has 0 radical (unpaired) electrons. The van der Waals surface area contributed by atoms with Crippen molar-refractivity contribution in [3.8, 4) is 0 Å². The van der Waals surface area contributed by atoms with Gasteiger partial charge in [0.05, 0.1) is 5.92 Å². The van der Waals surface area contributed by atoms with Gasteiger partial charge < -0.3 is 4.74 Å². The van der Waals surface area contributed by atoms with Gasteiger partial charge in [-0.25, -0.2) is 0 Å². The van der Waals surface area contributed by atoms with Crippen molar-refractivity contribution in [3.63, 3.8) is 0 Å². The molecule has 1 heterocycles. The number of hydrogen-bond donors (Lipinski definition) is 0. The standard InChI is InChI=1S/C13H23NO2/c1-9-12(15)10-7-5-6-8-11(10)14(3)13(9,2)16-4/h9-11H,5-8H2,1-4H3. The molecule has 1 saturated carbocycles. The molecule has 2 fully saturated rings. The maximum atomic E-state index is 12.4. The minimum absolute atomic E-state index is 0.0261. The summed E-state index contributed by atoms with van der Waals surface area (Å²) in [6, 6.07) is 0.391. The molecule has 0 amide bonds. The number of rotatable bonds is 1. The topological polar surface area (TPSA) is 29.5 Å². The van der Waals surface area contributed by atoms with Gasteiger partial charge in [0.2, 0.25) is 0 Å². The zero-order valence-corrected chi connectivity index (χ0v) is 10.8. The number of Topliss-reactive ketones (excluding diaryl/α,β-unsaturated/α-hetero) is 1. The van der Waals surface area contributed by atoms with Gasteiger partial charge in [-0.1, -0.05) is 19.8 Å². The van der Waals surface area contributed by atoms with Gasteiger partial charge in [0, 0.05) is 19.1 Å². The zero-order valence-electron chi connectivity index (χ0n) is 10.8. The number of likely N-dealkylation sites (tertiary alicyclic amines) is 1. The normalized spacial score (nSPS) is 45.5. The second kappa shape index (κ2) is 4.11. The predicted octanol–water partition coefficient (Wildman–Crippen LogP) is 2.06. The molecule has 4 atom stereocenters. The van der Waals surface area contributed by atoms with E-state index in [0.29, 0.717) is 11.8 Å². The van der Waals surface area contributed by atoms with E-state index in [1.54, 1.807) is 7.11 Å². The van der Waals surface area contributed by atoms with Crippen molar-refractivity contribution in [1.29, 1.82) is 0 Å². The Morgan fingerprint density at radius 1 is 1.38 bits per heavy atom. The van der Waals surface area contributed by atoms with Gasteiger partial charge in [0.15, 0.2) is 0 Å². The number of ether oxygens (including phenoxy) is 1. The van der Waals surface area contributed by atoms with Crippen LogP contribution < -0.4 is 0 Å². The Hall–Kier alpha value is -0.410. The SMILES string of the molecule is COC1(C)C(C)C(=O)C2CCCCC2N1C. The molecule has 0 spiro atoms. The Bertz CT molecular complexity index is 288. The number of ketones is 1. The van der Waals surface area contributed by atoms with Gasteiger partial charge >= 0.3 is 0 Å². The summed E-state index contributed by atoms with van der Waals surface area (Å²) in [6.45, 7) is 4.05. The lowest BCUT2D eigenvalue weighted by Gasteiger charge is -2.53.